The van der Waals surface area contributed by atoms with Crippen LogP contribution in [-0.4, -0.2) is 30.8 Å². The predicted molar refractivity (Wildman–Crippen MR) is 92.8 cm³/mol. The van der Waals surface area contributed by atoms with Crippen LogP contribution >= 0.6 is 0 Å². The number of pyridine rings is 1. The number of hydrogen-bond donors (Lipinski definition) is 1. The highest BCUT2D eigenvalue weighted by Gasteiger charge is 2.22. The Bertz CT molecular complexity index is 822. The maximum atomic E-state index is 12.4. The van der Waals surface area contributed by atoms with Gasteiger partial charge in [-0.25, -0.2) is 13.4 Å². The van der Waals surface area contributed by atoms with Crippen LogP contribution in [-0.2, 0) is 16.6 Å². The lowest BCUT2D eigenvalue weighted by Gasteiger charge is -2.21. The van der Waals surface area contributed by atoms with Gasteiger partial charge in [0.2, 0.25) is 10.0 Å². The molecule has 1 aromatic heterocycles. The Kier molecular flexibility index (Phi) is 5.54. The fourth-order valence-corrected chi connectivity index (χ4v) is 3.35. The van der Waals surface area contributed by atoms with Gasteiger partial charge in [0.25, 0.3) is 0 Å². The van der Waals surface area contributed by atoms with Gasteiger partial charge in [-0.3, -0.25) is 0 Å². The van der Waals surface area contributed by atoms with E-state index in [0.29, 0.717) is 17.9 Å². The van der Waals surface area contributed by atoms with E-state index in [9.17, 15) is 8.42 Å². The van der Waals surface area contributed by atoms with Crippen molar-refractivity contribution in [1.82, 2.24) is 9.29 Å². The molecule has 0 aliphatic carbocycles. The zero-order valence-corrected chi connectivity index (χ0v) is 14.7. The fraction of sp³-hybridized carbons (Fsp3) is 0.294. The molecule has 0 atom stereocenters. The summed E-state index contributed by atoms with van der Waals surface area (Å²) in [5.74, 6) is 0.658. The molecule has 2 rings (SSSR count). The molecule has 0 aliphatic heterocycles. The average Bonchev–Trinajstić information content (AvgIpc) is 2.60. The topological polar surface area (TPSA) is 86.1 Å². The first-order valence-electron chi connectivity index (χ1n) is 7.51. The lowest BCUT2D eigenvalue weighted by Crippen LogP contribution is -2.33. The van der Waals surface area contributed by atoms with Crippen molar-refractivity contribution in [1.29, 1.82) is 5.26 Å². The monoisotopic (exact) mass is 344 g/mol. The molecular weight excluding hydrogens is 324 g/mol. The van der Waals surface area contributed by atoms with Crippen molar-refractivity contribution in [2.75, 3.05) is 12.4 Å². The van der Waals surface area contributed by atoms with Gasteiger partial charge in [0.15, 0.2) is 0 Å². The highest BCUT2D eigenvalue weighted by Crippen LogP contribution is 2.17. The second kappa shape index (κ2) is 7.43. The number of nitrogens with zero attached hydrogens (tertiary/aromatic N) is 3. The van der Waals surface area contributed by atoms with E-state index in [2.05, 4.69) is 10.3 Å². The Morgan fingerprint density at radius 3 is 2.38 bits per heavy atom. The van der Waals surface area contributed by atoms with Crippen molar-refractivity contribution >= 4 is 15.8 Å². The molecule has 0 amide bonds. The molecule has 0 saturated carbocycles. The van der Waals surface area contributed by atoms with Gasteiger partial charge in [-0.1, -0.05) is 12.1 Å². The van der Waals surface area contributed by atoms with Gasteiger partial charge in [-0.05, 0) is 43.7 Å². The zero-order valence-electron chi connectivity index (χ0n) is 13.9. The summed E-state index contributed by atoms with van der Waals surface area (Å²) in [6, 6.07) is 12.1. The lowest BCUT2D eigenvalue weighted by atomic mass is 10.2. The molecule has 0 fully saturated rings. The largest absolute Gasteiger partial charge is 0.366 e. The molecule has 0 unspecified atom stereocenters. The third-order valence-electron chi connectivity index (χ3n) is 3.69. The van der Waals surface area contributed by atoms with E-state index in [0.717, 1.165) is 5.56 Å². The maximum Gasteiger partial charge on any atom is 0.243 e. The van der Waals surface area contributed by atoms with Gasteiger partial charge in [-0.15, -0.1) is 0 Å². The van der Waals surface area contributed by atoms with Gasteiger partial charge in [0, 0.05) is 25.8 Å². The standard InChI is InChI=1S/C17H20N4O2S/c1-13(2)21(3)24(22,23)16-7-4-14(5-8-16)11-19-17-9-6-15(10-18)12-20-17/h4-9,12-13H,11H2,1-3H3,(H,19,20). The minimum Gasteiger partial charge on any atom is -0.366 e. The molecule has 1 N–H and O–H groups in total. The number of anilines is 1. The molecule has 0 aliphatic rings. The molecule has 0 saturated heterocycles. The normalized spacial score (nSPS) is 11.5. The smallest absolute Gasteiger partial charge is 0.243 e. The average molecular weight is 344 g/mol. The first-order valence-corrected chi connectivity index (χ1v) is 8.95. The Hall–Kier alpha value is -2.43. The van der Waals surface area contributed by atoms with Crippen molar-refractivity contribution in [2.24, 2.45) is 0 Å². The highest BCUT2D eigenvalue weighted by molar-refractivity contribution is 7.89. The number of rotatable bonds is 6. The zero-order chi connectivity index (χ0) is 17.7. The number of aromatic nitrogens is 1. The van der Waals surface area contributed by atoms with Crippen LogP contribution in [0.4, 0.5) is 5.82 Å². The molecule has 7 heteroatoms. The number of benzene rings is 1. The van der Waals surface area contributed by atoms with Crippen LogP contribution < -0.4 is 5.32 Å². The van der Waals surface area contributed by atoms with Crippen LogP contribution in [0.5, 0.6) is 0 Å². The third kappa shape index (κ3) is 4.10. The van der Waals surface area contributed by atoms with Gasteiger partial charge in [-0.2, -0.15) is 9.57 Å². The van der Waals surface area contributed by atoms with E-state index in [1.165, 1.54) is 10.5 Å². The van der Waals surface area contributed by atoms with Crippen LogP contribution in [0, 0.1) is 11.3 Å². The fourth-order valence-electron chi connectivity index (χ4n) is 1.98. The second-order valence-electron chi connectivity index (χ2n) is 5.66. The summed E-state index contributed by atoms with van der Waals surface area (Å²) in [6.07, 6.45) is 1.50. The molecular formula is C17H20N4O2S. The van der Waals surface area contributed by atoms with E-state index in [-0.39, 0.29) is 10.9 Å². The van der Waals surface area contributed by atoms with Crippen LogP contribution in [0.1, 0.15) is 25.0 Å². The van der Waals surface area contributed by atoms with Crippen molar-refractivity contribution in [3.63, 3.8) is 0 Å². The van der Waals surface area contributed by atoms with Crippen molar-refractivity contribution in [3.8, 4) is 6.07 Å². The lowest BCUT2D eigenvalue weighted by molar-refractivity contribution is 0.410. The highest BCUT2D eigenvalue weighted by atomic mass is 32.2. The Morgan fingerprint density at radius 2 is 1.88 bits per heavy atom. The molecule has 0 spiro atoms. The molecule has 0 radical (unpaired) electrons. The minimum atomic E-state index is -3.46. The second-order valence-corrected chi connectivity index (χ2v) is 7.65. The number of sulfonamides is 1. The molecule has 6 nitrogen and oxygen atoms in total. The van der Waals surface area contributed by atoms with Gasteiger partial charge >= 0.3 is 0 Å². The van der Waals surface area contributed by atoms with Crippen LogP contribution in [0.2, 0.25) is 0 Å². The molecule has 1 heterocycles. The minimum absolute atomic E-state index is 0.0983. The molecule has 24 heavy (non-hydrogen) atoms. The number of hydrogen-bond acceptors (Lipinski definition) is 5. The van der Waals surface area contributed by atoms with E-state index < -0.39 is 10.0 Å². The Balaban J connectivity index is 2.05. The first kappa shape index (κ1) is 17.9. The Morgan fingerprint density at radius 1 is 1.21 bits per heavy atom. The summed E-state index contributed by atoms with van der Waals surface area (Å²) in [4.78, 5) is 4.40. The quantitative estimate of drug-likeness (QED) is 0.870. The van der Waals surface area contributed by atoms with E-state index in [1.807, 2.05) is 19.9 Å². The SMILES string of the molecule is CC(C)N(C)S(=O)(=O)c1ccc(CNc2ccc(C#N)cn2)cc1. The van der Waals surface area contributed by atoms with Crippen molar-refractivity contribution in [3.05, 3.63) is 53.7 Å². The van der Waals surface area contributed by atoms with Crippen LogP contribution in [0.15, 0.2) is 47.5 Å². The summed E-state index contributed by atoms with van der Waals surface area (Å²) in [7, 11) is -1.88. The summed E-state index contributed by atoms with van der Waals surface area (Å²) in [5, 5.41) is 11.9. The molecule has 0 bridgehead atoms. The van der Waals surface area contributed by atoms with Gasteiger partial charge < -0.3 is 5.32 Å². The predicted octanol–water partition coefficient (Wildman–Crippen LogP) is 2.59. The maximum absolute atomic E-state index is 12.4. The third-order valence-corrected chi connectivity index (χ3v) is 5.74. The number of nitriles is 1. The van der Waals surface area contributed by atoms with Crippen molar-refractivity contribution < 1.29 is 8.42 Å². The first-order chi connectivity index (χ1) is 11.3. The van der Waals surface area contributed by atoms with E-state index >= 15 is 0 Å². The molecule has 126 valence electrons. The molecule has 2 aromatic rings. The summed E-state index contributed by atoms with van der Waals surface area (Å²) < 4.78 is 26.1. The van der Waals surface area contributed by atoms with Crippen LogP contribution in [0.25, 0.3) is 0 Å². The van der Waals surface area contributed by atoms with E-state index in [4.69, 9.17) is 5.26 Å². The van der Waals surface area contributed by atoms with Crippen LogP contribution in [0.3, 0.4) is 0 Å². The summed E-state index contributed by atoms with van der Waals surface area (Å²) >= 11 is 0. The summed E-state index contributed by atoms with van der Waals surface area (Å²) in [6.45, 7) is 4.18. The Labute approximate surface area is 142 Å². The van der Waals surface area contributed by atoms with Gasteiger partial charge in [0.05, 0.1) is 10.5 Å². The number of nitrogens with one attached hydrogen (secondary N) is 1. The van der Waals surface area contributed by atoms with Gasteiger partial charge in [0.1, 0.15) is 11.9 Å². The molecule has 1 aromatic carbocycles. The van der Waals surface area contributed by atoms with E-state index in [1.54, 1.807) is 43.4 Å². The van der Waals surface area contributed by atoms with Crippen molar-refractivity contribution in [2.45, 2.75) is 31.3 Å². The summed E-state index contributed by atoms with van der Waals surface area (Å²) in [5.41, 5.74) is 1.44.